The Labute approximate surface area is 322 Å². The Hall–Kier alpha value is -5.21. The summed E-state index contributed by atoms with van der Waals surface area (Å²) in [5.74, 6) is -0.805. The first-order valence-electron chi connectivity index (χ1n) is 18.1. The topological polar surface area (TPSA) is 179 Å². The number of fused-ring (bicyclic) bond motifs is 2. The van der Waals surface area contributed by atoms with Crippen LogP contribution < -0.4 is 20.7 Å². The number of carbonyl (C=O) groups is 3. The van der Waals surface area contributed by atoms with E-state index in [2.05, 4.69) is 15.4 Å². The van der Waals surface area contributed by atoms with Gasteiger partial charge in [-0.2, -0.15) is 22.7 Å². The molecule has 17 nitrogen and oxygen atoms in total. The number of likely N-dealkylation sites (N-methyl/N-ethyl adjacent to an activating group) is 1. The van der Waals surface area contributed by atoms with Crippen molar-refractivity contribution in [2.75, 3.05) is 94.4 Å². The smallest absolute Gasteiger partial charge is 0.416 e. The van der Waals surface area contributed by atoms with Crippen molar-refractivity contribution in [2.24, 2.45) is 16.8 Å². The lowest BCUT2D eigenvalue weighted by atomic mass is 10.0. The monoisotopic (exact) mass is 804 g/mol. The molecule has 21 heteroatoms. The molecule has 2 amide bonds. The van der Waals surface area contributed by atoms with Crippen LogP contribution in [0.3, 0.4) is 0 Å². The summed E-state index contributed by atoms with van der Waals surface area (Å²) >= 11 is 6.15. The number of anilines is 3. The van der Waals surface area contributed by atoms with E-state index in [9.17, 15) is 37.5 Å². The predicted molar refractivity (Wildman–Crippen MR) is 197 cm³/mol. The van der Waals surface area contributed by atoms with E-state index >= 15 is 0 Å². The van der Waals surface area contributed by atoms with E-state index in [0.29, 0.717) is 56.9 Å². The molecule has 7 rings (SSSR count). The van der Waals surface area contributed by atoms with Crippen LogP contribution >= 0.6 is 11.6 Å². The molecule has 4 aliphatic rings. The maximum Gasteiger partial charge on any atom is 0.416 e. The second-order valence-corrected chi connectivity index (χ2v) is 14.4. The molecular weight excluding hydrogens is 765 g/mol. The number of piperazine rings is 1. The van der Waals surface area contributed by atoms with Crippen molar-refractivity contribution >= 4 is 58.6 Å². The van der Waals surface area contributed by atoms with Gasteiger partial charge >= 0.3 is 6.18 Å². The Morgan fingerprint density at radius 2 is 1.80 bits per heavy atom. The molecule has 4 saturated heterocycles. The summed E-state index contributed by atoms with van der Waals surface area (Å²) in [4.78, 5) is 69.2. The molecule has 56 heavy (non-hydrogen) atoms. The molecule has 1 aromatic carbocycles. The minimum atomic E-state index is -4.63. The average Bonchev–Trinajstić information content (AvgIpc) is 3.92. The van der Waals surface area contributed by atoms with E-state index in [1.54, 1.807) is 28.3 Å². The normalized spacial score (nSPS) is 21.5. The SMILES string of the molecule is CCc1c(N2CCN(C(=O)/C(N=C3COCCN3C)=C(\O)C=O)CC2)c(=O)n2nc(N3CC4COCC4C3)nc2n1CC(=O)Nc1ccc(C(F)(F)F)cc1Cl. The second kappa shape index (κ2) is 15.7. The molecule has 300 valence electrons. The number of amides is 2. The number of hydrogen-bond donors (Lipinski definition) is 2. The lowest BCUT2D eigenvalue weighted by molar-refractivity contribution is -0.137. The second-order valence-electron chi connectivity index (χ2n) is 14.0. The largest absolute Gasteiger partial charge is 0.503 e. The van der Waals surface area contributed by atoms with Gasteiger partial charge in [0.15, 0.2) is 17.7 Å². The number of nitrogens with one attached hydrogen (secondary N) is 1. The Morgan fingerprint density at radius 3 is 2.43 bits per heavy atom. The summed E-state index contributed by atoms with van der Waals surface area (Å²) in [7, 11) is 1.76. The number of amidine groups is 1. The number of aliphatic hydroxyl groups is 1. The molecule has 0 bridgehead atoms. The minimum absolute atomic E-state index is 0.0318. The molecule has 3 aromatic rings. The highest BCUT2D eigenvalue weighted by molar-refractivity contribution is 6.33. The summed E-state index contributed by atoms with van der Waals surface area (Å²) < 4.78 is 53.6. The highest BCUT2D eigenvalue weighted by Gasteiger charge is 2.39. The third-order valence-corrected chi connectivity index (χ3v) is 10.8. The molecular formula is C35H40ClF3N10O7. The Morgan fingerprint density at radius 1 is 1.09 bits per heavy atom. The van der Waals surface area contributed by atoms with Gasteiger partial charge in [0.2, 0.25) is 17.6 Å². The Balaban J connectivity index is 1.20. The van der Waals surface area contributed by atoms with E-state index in [-0.39, 0.29) is 79.5 Å². The molecule has 0 spiro atoms. The summed E-state index contributed by atoms with van der Waals surface area (Å²) in [5.41, 5.74) is -1.26. The van der Waals surface area contributed by atoms with Gasteiger partial charge in [0.1, 0.15) is 24.7 Å². The van der Waals surface area contributed by atoms with E-state index in [0.717, 1.165) is 22.7 Å². The van der Waals surface area contributed by atoms with Crippen LogP contribution in [0.1, 0.15) is 18.2 Å². The number of carbonyl (C=O) groups excluding carboxylic acids is 3. The number of morpholine rings is 1. The van der Waals surface area contributed by atoms with E-state index < -0.39 is 47.1 Å². The molecule has 2 N–H and O–H groups in total. The molecule has 0 saturated carbocycles. The van der Waals surface area contributed by atoms with Gasteiger partial charge in [0.05, 0.1) is 41.8 Å². The number of aliphatic imine (C=N–C) groups is 1. The van der Waals surface area contributed by atoms with Crippen LogP contribution in [-0.2, 0) is 43.0 Å². The molecule has 0 radical (unpaired) electrons. The number of nitrogens with zero attached hydrogens (tertiary/aromatic N) is 9. The van der Waals surface area contributed by atoms with Gasteiger partial charge in [-0.3, -0.25) is 19.2 Å². The van der Waals surface area contributed by atoms with Gasteiger partial charge in [0, 0.05) is 64.7 Å². The third kappa shape index (κ3) is 7.64. The maximum atomic E-state index is 14.4. The lowest BCUT2D eigenvalue weighted by Gasteiger charge is -2.37. The summed E-state index contributed by atoms with van der Waals surface area (Å²) in [6.07, 6.45) is -4.22. The van der Waals surface area contributed by atoms with Gasteiger partial charge in [0.25, 0.3) is 11.5 Å². The highest BCUT2D eigenvalue weighted by atomic mass is 35.5. The average molecular weight is 805 g/mol. The van der Waals surface area contributed by atoms with Crippen LogP contribution in [0.15, 0.2) is 39.4 Å². The zero-order valence-electron chi connectivity index (χ0n) is 30.6. The highest BCUT2D eigenvalue weighted by Crippen LogP contribution is 2.34. The summed E-state index contributed by atoms with van der Waals surface area (Å²) in [6.45, 7) is 5.40. The number of hydrogen-bond acceptors (Lipinski definition) is 12. The van der Waals surface area contributed by atoms with Gasteiger partial charge in [-0.15, -0.1) is 5.10 Å². The molecule has 2 unspecified atom stereocenters. The number of halogens is 4. The summed E-state index contributed by atoms with van der Waals surface area (Å²) in [6, 6.07) is 2.61. The van der Waals surface area contributed by atoms with Crippen molar-refractivity contribution in [2.45, 2.75) is 26.1 Å². The van der Waals surface area contributed by atoms with Crippen molar-refractivity contribution in [3.63, 3.8) is 0 Å². The van der Waals surface area contributed by atoms with Crippen LogP contribution in [0.4, 0.5) is 30.5 Å². The molecule has 2 atom stereocenters. The lowest BCUT2D eigenvalue weighted by Crippen LogP contribution is -2.51. The maximum absolute atomic E-state index is 14.4. The quantitative estimate of drug-likeness (QED) is 0.183. The van der Waals surface area contributed by atoms with Gasteiger partial charge < -0.3 is 44.1 Å². The number of rotatable bonds is 9. The van der Waals surface area contributed by atoms with Gasteiger partial charge in [-0.05, 0) is 24.6 Å². The van der Waals surface area contributed by atoms with E-state index in [1.807, 2.05) is 4.90 Å². The van der Waals surface area contributed by atoms with Crippen molar-refractivity contribution < 1.29 is 42.1 Å². The number of alkyl halides is 3. The standard InChI is InChI=1S/C35H40ClF3N10O7/c1-3-25-30(45-6-8-46(9-7-45)31(53)29(26(51)16-50)41-27-19-55-11-10-44(27)2)32(54)49-34(42-33(43-49)47-13-20-17-56-18-21(20)14-47)48(25)15-28(52)40-24-5-4-22(12-23(24)36)35(37,38)39/h4-5,12,16,20-21,51H,3,6-11,13-15,17-19H2,1-2H3,(H,40,52)/b29-26+,41-27?. The summed E-state index contributed by atoms with van der Waals surface area (Å²) in [5, 5.41) is 17.3. The number of benzene rings is 1. The van der Waals surface area contributed by atoms with Crippen LogP contribution in [0.5, 0.6) is 0 Å². The zero-order valence-corrected chi connectivity index (χ0v) is 31.3. The molecule has 4 aliphatic heterocycles. The van der Waals surface area contributed by atoms with Gasteiger partial charge in [-0.25, -0.2) is 4.99 Å². The van der Waals surface area contributed by atoms with Crippen LogP contribution in [-0.4, -0.2) is 137 Å². The van der Waals surface area contributed by atoms with Crippen LogP contribution in [0.25, 0.3) is 5.78 Å². The number of allylic oxidation sites excluding steroid dienone is 1. The fourth-order valence-corrected chi connectivity index (χ4v) is 7.66. The van der Waals surface area contributed by atoms with Crippen molar-refractivity contribution in [3.05, 3.63) is 56.3 Å². The van der Waals surface area contributed by atoms with Crippen molar-refractivity contribution in [1.29, 1.82) is 0 Å². The van der Waals surface area contributed by atoms with Crippen LogP contribution in [0, 0.1) is 11.8 Å². The first-order chi connectivity index (χ1) is 26.8. The Bertz CT molecular complexity index is 2150. The first-order valence-corrected chi connectivity index (χ1v) is 18.5. The third-order valence-electron chi connectivity index (χ3n) is 10.5. The number of aldehydes is 1. The molecule has 6 heterocycles. The predicted octanol–water partition coefficient (Wildman–Crippen LogP) is 1.82. The van der Waals surface area contributed by atoms with E-state index in [1.165, 1.54) is 4.90 Å². The minimum Gasteiger partial charge on any atom is -0.503 e. The zero-order chi connectivity index (χ0) is 39.9. The van der Waals surface area contributed by atoms with Gasteiger partial charge in [-0.1, -0.05) is 18.5 Å². The molecule has 0 aliphatic carbocycles. The van der Waals surface area contributed by atoms with Crippen LogP contribution in [0.2, 0.25) is 5.02 Å². The first kappa shape index (κ1) is 39.0. The number of aliphatic hydroxyl groups excluding tert-OH is 1. The Kier molecular flexibility index (Phi) is 11.0. The molecule has 4 fully saturated rings. The number of aromatic nitrogens is 4. The fourth-order valence-electron chi connectivity index (χ4n) is 7.43. The fraction of sp³-hybridized carbons (Fsp3) is 0.514. The van der Waals surface area contributed by atoms with Crippen molar-refractivity contribution in [1.82, 2.24) is 29.0 Å². The molecule has 2 aromatic heterocycles. The van der Waals surface area contributed by atoms with E-state index in [4.69, 9.17) is 26.1 Å². The van der Waals surface area contributed by atoms with Crippen molar-refractivity contribution in [3.8, 4) is 0 Å². The number of ether oxygens (including phenoxy) is 2.